The normalized spacial score (nSPS) is 11.3. The monoisotopic (exact) mass is 503 g/mol. The van der Waals surface area contributed by atoms with Crippen molar-refractivity contribution < 1.29 is 0 Å². The van der Waals surface area contributed by atoms with Crippen molar-refractivity contribution in [3.63, 3.8) is 0 Å². The topological polar surface area (TPSA) is 4.93 Å². The molecule has 180 valence electrons. The fourth-order valence-electron chi connectivity index (χ4n) is 5.45. The van der Waals surface area contributed by atoms with E-state index in [2.05, 4.69) is 138 Å². The molecule has 2 heteroatoms. The molecule has 0 fully saturated rings. The quantitative estimate of drug-likeness (QED) is 0.228. The van der Waals surface area contributed by atoms with Gasteiger partial charge in [0.05, 0.1) is 11.0 Å². The van der Waals surface area contributed by atoms with Crippen LogP contribution in [0, 0.1) is 0 Å². The van der Waals surface area contributed by atoms with Crippen molar-refractivity contribution in [1.82, 2.24) is 4.57 Å². The third-order valence-corrected chi connectivity index (χ3v) is 7.69. The summed E-state index contributed by atoms with van der Waals surface area (Å²) < 4.78 is 2.38. The second kappa shape index (κ2) is 9.41. The summed E-state index contributed by atoms with van der Waals surface area (Å²) >= 11 is 4.69. The zero-order valence-corrected chi connectivity index (χ0v) is 21.6. The molecule has 7 rings (SSSR count). The van der Waals surface area contributed by atoms with E-state index in [9.17, 15) is 0 Å². The molecule has 6 aromatic carbocycles. The summed E-state index contributed by atoms with van der Waals surface area (Å²) in [7, 11) is 0. The Balaban J connectivity index is 1.45. The lowest BCUT2D eigenvalue weighted by atomic mass is 9.98. The lowest BCUT2D eigenvalue weighted by molar-refractivity contribution is 1.18. The highest BCUT2D eigenvalue weighted by Crippen LogP contribution is 2.38. The average molecular weight is 504 g/mol. The van der Waals surface area contributed by atoms with Crippen LogP contribution in [0.2, 0.25) is 0 Å². The minimum absolute atomic E-state index is 0.985. The Morgan fingerprint density at radius 2 is 1.03 bits per heavy atom. The molecule has 0 bridgehead atoms. The number of thiol groups is 1. The van der Waals surface area contributed by atoms with Crippen LogP contribution in [0.3, 0.4) is 0 Å². The van der Waals surface area contributed by atoms with Crippen molar-refractivity contribution in [2.24, 2.45) is 0 Å². The number of rotatable bonds is 4. The van der Waals surface area contributed by atoms with Gasteiger partial charge in [-0.1, -0.05) is 103 Å². The highest BCUT2D eigenvalue weighted by Gasteiger charge is 2.15. The van der Waals surface area contributed by atoms with Crippen molar-refractivity contribution in [3.8, 4) is 39.1 Å². The summed E-state index contributed by atoms with van der Waals surface area (Å²) in [4.78, 5) is 0.985. The SMILES string of the molecule is Sc1ccccc1-c1cccc(-c2ccc3c4cc(-c5ccccc5)ccc4n(-c4ccccc4)c3c2)c1. The molecule has 1 nitrogen and oxygen atoms in total. The minimum Gasteiger partial charge on any atom is -0.309 e. The maximum Gasteiger partial charge on any atom is 0.0547 e. The summed E-state index contributed by atoms with van der Waals surface area (Å²) in [6, 6.07) is 51.9. The van der Waals surface area contributed by atoms with Gasteiger partial charge in [-0.25, -0.2) is 0 Å². The predicted molar refractivity (Wildman–Crippen MR) is 164 cm³/mol. The van der Waals surface area contributed by atoms with Crippen molar-refractivity contribution in [2.75, 3.05) is 0 Å². The van der Waals surface area contributed by atoms with Gasteiger partial charge < -0.3 is 4.57 Å². The van der Waals surface area contributed by atoms with E-state index in [0.717, 1.165) is 16.1 Å². The van der Waals surface area contributed by atoms with Gasteiger partial charge in [-0.3, -0.25) is 0 Å². The van der Waals surface area contributed by atoms with Crippen LogP contribution in [0.1, 0.15) is 0 Å². The van der Waals surface area contributed by atoms with E-state index in [4.69, 9.17) is 12.6 Å². The van der Waals surface area contributed by atoms with Crippen molar-refractivity contribution >= 4 is 34.4 Å². The van der Waals surface area contributed by atoms with Crippen LogP contribution in [0.4, 0.5) is 0 Å². The Hall–Kier alpha value is -4.53. The zero-order chi connectivity index (χ0) is 25.5. The lowest BCUT2D eigenvalue weighted by Gasteiger charge is -2.10. The number of aromatic nitrogens is 1. The van der Waals surface area contributed by atoms with Gasteiger partial charge in [-0.2, -0.15) is 0 Å². The van der Waals surface area contributed by atoms with E-state index < -0.39 is 0 Å². The maximum atomic E-state index is 4.69. The summed E-state index contributed by atoms with van der Waals surface area (Å²) in [5.74, 6) is 0. The molecule has 38 heavy (non-hydrogen) atoms. The fraction of sp³-hybridized carbons (Fsp3) is 0. The second-order valence-electron chi connectivity index (χ2n) is 9.60. The Bertz CT molecular complexity index is 1920. The predicted octanol–water partition coefficient (Wildman–Crippen LogP) is 10.1. The molecule has 0 saturated carbocycles. The molecular formula is C36H25NS. The number of fused-ring (bicyclic) bond motifs is 3. The third-order valence-electron chi connectivity index (χ3n) is 7.30. The van der Waals surface area contributed by atoms with Crippen LogP contribution in [0.5, 0.6) is 0 Å². The van der Waals surface area contributed by atoms with Crippen molar-refractivity contribution in [1.29, 1.82) is 0 Å². The Morgan fingerprint density at radius 1 is 0.395 bits per heavy atom. The van der Waals surface area contributed by atoms with Crippen molar-refractivity contribution in [3.05, 3.63) is 146 Å². The fourth-order valence-corrected chi connectivity index (χ4v) is 5.74. The first-order valence-corrected chi connectivity index (χ1v) is 13.3. The molecule has 0 spiro atoms. The van der Waals surface area contributed by atoms with Crippen LogP contribution in [-0.4, -0.2) is 4.57 Å². The third kappa shape index (κ3) is 3.91. The van der Waals surface area contributed by atoms with Crippen LogP contribution < -0.4 is 0 Å². The van der Waals surface area contributed by atoms with E-state index in [1.54, 1.807) is 0 Å². The molecule has 0 aliphatic rings. The van der Waals surface area contributed by atoms with Gasteiger partial charge in [-0.15, -0.1) is 12.6 Å². The average Bonchev–Trinajstić information content (AvgIpc) is 3.31. The second-order valence-corrected chi connectivity index (χ2v) is 10.1. The van der Waals surface area contributed by atoms with Gasteiger partial charge >= 0.3 is 0 Å². The number of benzene rings is 6. The Morgan fingerprint density at radius 3 is 1.84 bits per heavy atom. The van der Waals surface area contributed by atoms with Gasteiger partial charge in [0.2, 0.25) is 0 Å². The summed E-state index contributed by atoms with van der Waals surface area (Å²) in [6.07, 6.45) is 0. The van der Waals surface area contributed by atoms with Crippen LogP contribution in [0.25, 0.3) is 60.9 Å². The minimum atomic E-state index is 0.985. The summed E-state index contributed by atoms with van der Waals surface area (Å²) in [5.41, 5.74) is 10.7. The maximum absolute atomic E-state index is 4.69. The molecule has 0 aliphatic carbocycles. The molecule has 7 aromatic rings. The van der Waals surface area contributed by atoms with E-state index in [0.29, 0.717) is 0 Å². The number of para-hydroxylation sites is 1. The standard InChI is InChI=1S/C36H25NS/c38-36-17-8-7-16-31(36)29-13-9-12-26(22-29)28-18-20-32-33-23-27(25-10-3-1-4-11-25)19-21-34(33)37(35(32)24-28)30-14-5-2-6-15-30/h1-24,38H. The number of hydrogen-bond acceptors (Lipinski definition) is 1. The van der Waals surface area contributed by atoms with E-state index in [1.807, 2.05) is 12.1 Å². The zero-order valence-electron chi connectivity index (χ0n) is 20.8. The Labute approximate surface area is 228 Å². The first-order valence-electron chi connectivity index (χ1n) is 12.8. The molecule has 0 radical (unpaired) electrons. The van der Waals surface area contributed by atoms with Gasteiger partial charge in [0.1, 0.15) is 0 Å². The molecule has 0 N–H and O–H groups in total. The molecule has 0 aliphatic heterocycles. The molecule has 1 heterocycles. The number of hydrogen-bond donors (Lipinski definition) is 1. The smallest absolute Gasteiger partial charge is 0.0547 e. The van der Waals surface area contributed by atoms with Crippen LogP contribution in [0.15, 0.2) is 150 Å². The molecular weight excluding hydrogens is 478 g/mol. The van der Waals surface area contributed by atoms with E-state index in [-0.39, 0.29) is 0 Å². The molecule has 0 unspecified atom stereocenters. The molecule has 0 amide bonds. The molecule has 0 saturated heterocycles. The van der Waals surface area contributed by atoms with Crippen LogP contribution in [-0.2, 0) is 0 Å². The first kappa shape index (κ1) is 22.7. The van der Waals surface area contributed by atoms with Crippen LogP contribution >= 0.6 is 12.6 Å². The van der Waals surface area contributed by atoms with Gasteiger partial charge in [-0.05, 0) is 75.8 Å². The Kier molecular flexibility index (Phi) is 5.61. The molecule has 1 aromatic heterocycles. The van der Waals surface area contributed by atoms with Gasteiger partial charge in [0.25, 0.3) is 0 Å². The highest BCUT2D eigenvalue weighted by molar-refractivity contribution is 7.80. The highest BCUT2D eigenvalue weighted by atomic mass is 32.1. The van der Waals surface area contributed by atoms with E-state index >= 15 is 0 Å². The van der Waals surface area contributed by atoms with Gasteiger partial charge in [0.15, 0.2) is 0 Å². The molecule has 0 atom stereocenters. The summed E-state index contributed by atoms with van der Waals surface area (Å²) in [6.45, 7) is 0. The lowest BCUT2D eigenvalue weighted by Crippen LogP contribution is -1.93. The van der Waals surface area contributed by atoms with E-state index in [1.165, 1.54) is 49.6 Å². The number of nitrogens with zero attached hydrogens (tertiary/aromatic N) is 1. The largest absolute Gasteiger partial charge is 0.309 e. The summed E-state index contributed by atoms with van der Waals surface area (Å²) in [5, 5.41) is 2.51. The van der Waals surface area contributed by atoms with Gasteiger partial charge in [0, 0.05) is 21.4 Å². The first-order chi connectivity index (χ1) is 18.8. The van der Waals surface area contributed by atoms with Crippen molar-refractivity contribution in [2.45, 2.75) is 4.90 Å².